The smallest absolute Gasteiger partial charge is 0.423 e. The van der Waals surface area contributed by atoms with Gasteiger partial charge in [-0.2, -0.15) is 8.78 Å². The molecule has 0 rings (SSSR count). The molecule has 0 aromatic rings. The highest BCUT2D eigenvalue weighted by Crippen LogP contribution is 1.92. The highest BCUT2D eigenvalue weighted by Gasteiger charge is 2.07. The summed E-state index contributed by atoms with van der Waals surface area (Å²) in [5, 5.41) is 7.92. The van der Waals surface area contributed by atoms with Gasteiger partial charge in [-0.15, -0.1) is 0 Å². The summed E-state index contributed by atoms with van der Waals surface area (Å²) in [5.74, 6) is -1.00. The topological polar surface area (TPSA) is 87.7 Å². The number of hydrogen-bond acceptors (Lipinski definition) is 3. The van der Waals surface area contributed by atoms with E-state index in [0.717, 1.165) is 0 Å². The Balaban J connectivity index is 3.40. The summed E-state index contributed by atoms with van der Waals surface area (Å²) in [6.45, 7) is -3.96. The van der Waals surface area contributed by atoms with Crippen LogP contribution in [0.4, 0.5) is 13.6 Å². The fourth-order valence-electron chi connectivity index (χ4n) is 0.298. The van der Waals surface area contributed by atoms with Gasteiger partial charge in [0.1, 0.15) is 6.61 Å². The van der Waals surface area contributed by atoms with Gasteiger partial charge in [-0.1, -0.05) is 0 Å². The molecule has 2 amide bonds. The zero-order valence-electron chi connectivity index (χ0n) is 5.71. The Labute approximate surface area is 65.5 Å². The fourth-order valence-corrected chi connectivity index (χ4v) is 0.298. The van der Waals surface area contributed by atoms with Crippen LogP contribution >= 0.6 is 0 Å². The number of carbonyl (C=O) groups excluding carboxylic acids is 1. The molecule has 70 valence electrons. The van der Waals surface area contributed by atoms with Gasteiger partial charge in [0.2, 0.25) is 0 Å². The average Bonchev–Trinajstić information content (AvgIpc) is 1.96. The Morgan fingerprint density at radius 1 is 1.42 bits per heavy atom. The van der Waals surface area contributed by atoms with Gasteiger partial charge in [0, 0.05) is 0 Å². The van der Waals surface area contributed by atoms with Crippen LogP contribution in [0.1, 0.15) is 0 Å². The zero-order chi connectivity index (χ0) is 9.56. The first-order valence-electron chi connectivity index (χ1n) is 2.70. The van der Waals surface area contributed by atoms with E-state index in [1.807, 2.05) is 0 Å². The Hall–Kier alpha value is -1.44. The third kappa shape index (κ3) is 6.68. The highest BCUT2D eigenvalue weighted by atomic mass is 19.3. The molecule has 0 spiro atoms. The summed E-state index contributed by atoms with van der Waals surface area (Å²) in [5.41, 5.74) is 3.05. The molecule has 0 radical (unpaired) electrons. The minimum Gasteiger partial charge on any atom is -0.464 e. The largest absolute Gasteiger partial charge is 0.464 e. The lowest BCUT2D eigenvalue weighted by molar-refractivity contribution is -0.152. The van der Waals surface area contributed by atoms with Gasteiger partial charge in [-0.25, -0.2) is 10.2 Å². The Morgan fingerprint density at radius 3 is 2.42 bits per heavy atom. The lowest BCUT2D eigenvalue weighted by Gasteiger charge is -2.03. The van der Waals surface area contributed by atoms with E-state index in [1.165, 1.54) is 5.43 Å². The first kappa shape index (κ1) is 10.6. The van der Waals surface area contributed by atoms with Crippen molar-refractivity contribution in [3.8, 4) is 0 Å². The number of nitrogens with one attached hydrogen (secondary N) is 2. The molecule has 0 saturated heterocycles. The SMILES string of the molecule is O=C(O)NNC(=O)COC(F)F. The van der Waals surface area contributed by atoms with Gasteiger partial charge in [0.05, 0.1) is 0 Å². The van der Waals surface area contributed by atoms with E-state index in [4.69, 9.17) is 5.11 Å². The average molecular weight is 184 g/mol. The molecule has 0 aliphatic rings. The lowest BCUT2D eigenvalue weighted by atomic mass is 10.7. The van der Waals surface area contributed by atoms with E-state index in [9.17, 15) is 18.4 Å². The predicted molar refractivity (Wildman–Crippen MR) is 31.3 cm³/mol. The molecule has 0 atom stereocenters. The summed E-state index contributed by atoms with van der Waals surface area (Å²) in [6.07, 6.45) is -1.50. The van der Waals surface area contributed by atoms with Gasteiger partial charge in [0.25, 0.3) is 5.91 Å². The maximum absolute atomic E-state index is 11.3. The molecule has 0 aromatic heterocycles. The third-order valence-electron chi connectivity index (χ3n) is 0.649. The van der Waals surface area contributed by atoms with Gasteiger partial charge in [0.15, 0.2) is 0 Å². The second-order valence-corrected chi connectivity index (χ2v) is 1.55. The third-order valence-corrected chi connectivity index (χ3v) is 0.649. The van der Waals surface area contributed by atoms with Crippen LogP contribution in [-0.4, -0.2) is 30.3 Å². The van der Waals surface area contributed by atoms with Crippen molar-refractivity contribution in [3.63, 3.8) is 0 Å². The molecular weight excluding hydrogens is 178 g/mol. The molecule has 0 saturated carbocycles. The summed E-state index contributed by atoms with van der Waals surface area (Å²) in [7, 11) is 0. The van der Waals surface area contributed by atoms with Crippen molar-refractivity contribution in [1.82, 2.24) is 10.9 Å². The minimum atomic E-state index is -3.06. The van der Waals surface area contributed by atoms with E-state index in [0.29, 0.717) is 0 Å². The molecule has 0 unspecified atom stereocenters. The van der Waals surface area contributed by atoms with Gasteiger partial charge in [-0.3, -0.25) is 10.2 Å². The Kier molecular flexibility index (Phi) is 4.61. The molecule has 0 aliphatic heterocycles. The van der Waals surface area contributed by atoms with Crippen LogP contribution in [0.15, 0.2) is 0 Å². The van der Waals surface area contributed by atoms with E-state index in [1.54, 1.807) is 5.43 Å². The number of carboxylic acid groups (broad SMARTS) is 1. The lowest BCUT2D eigenvalue weighted by Crippen LogP contribution is -2.42. The number of carbonyl (C=O) groups is 2. The van der Waals surface area contributed by atoms with Crippen molar-refractivity contribution in [3.05, 3.63) is 0 Å². The first-order chi connectivity index (χ1) is 5.52. The standard InChI is InChI=1S/C4H6F2N2O4/c5-3(6)12-1-2(9)7-8-4(10)11/h3,8H,1H2,(H,7,9)(H,10,11). The number of halogens is 2. The second-order valence-electron chi connectivity index (χ2n) is 1.55. The first-order valence-corrected chi connectivity index (χ1v) is 2.70. The summed E-state index contributed by atoms with van der Waals surface area (Å²) >= 11 is 0. The van der Waals surface area contributed by atoms with Crippen molar-refractivity contribution in [2.45, 2.75) is 6.61 Å². The van der Waals surface area contributed by atoms with Crippen molar-refractivity contribution in [2.75, 3.05) is 6.61 Å². The molecule has 0 fully saturated rings. The number of rotatable bonds is 3. The molecule has 6 nitrogen and oxygen atoms in total. The summed E-state index contributed by atoms with van der Waals surface area (Å²) in [6, 6.07) is 0. The van der Waals surface area contributed by atoms with Gasteiger partial charge >= 0.3 is 12.7 Å². The van der Waals surface area contributed by atoms with Crippen LogP contribution in [0.2, 0.25) is 0 Å². The molecule has 3 N–H and O–H groups in total. The van der Waals surface area contributed by atoms with Crippen LogP contribution in [0.25, 0.3) is 0 Å². The molecule has 12 heavy (non-hydrogen) atoms. The predicted octanol–water partition coefficient (Wildman–Crippen LogP) is -0.476. The molecule has 0 aliphatic carbocycles. The number of alkyl halides is 2. The van der Waals surface area contributed by atoms with Crippen molar-refractivity contribution >= 4 is 12.0 Å². The Bertz CT molecular complexity index is 174. The van der Waals surface area contributed by atoms with E-state index in [2.05, 4.69) is 4.74 Å². The molecule has 0 aromatic carbocycles. The summed E-state index contributed by atoms with van der Waals surface area (Å²) in [4.78, 5) is 20.1. The monoisotopic (exact) mass is 184 g/mol. The highest BCUT2D eigenvalue weighted by molar-refractivity contribution is 5.79. The van der Waals surface area contributed by atoms with Gasteiger partial charge < -0.3 is 9.84 Å². The van der Waals surface area contributed by atoms with Crippen molar-refractivity contribution in [1.29, 1.82) is 0 Å². The van der Waals surface area contributed by atoms with E-state index < -0.39 is 25.2 Å². The van der Waals surface area contributed by atoms with E-state index >= 15 is 0 Å². The second kappa shape index (κ2) is 5.24. The molecule has 0 bridgehead atoms. The molecular formula is C4H6F2N2O4. The van der Waals surface area contributed by atoms with Crippen LogP contribution in [0.5, 0.6) is 0 Å². The summed E-state index contributed by atoms with van der Waals surface area (Å²) < 4.78 is 26.1. The zero-order valence-corrected chi connectivity index (χ0v) is 5.71. The molecule has 0 heterocycles. The number of ether oxygens (including phenoxy) is 1. The minimum absolute atomic E-state index is 0.905. The van der Waals surface area contributed by atoms with Crippen LogP contribution in [-0.2, 0) is 9.53 Å². The number of hydrazine groups is 1. The van der Waals surface area contributed by atoms with Gasteiger partial charge in [-0.05, 0) is 0 Å². The van der Waals surface area contributed by atoms with Crippen molar-refractivity contribution < 1.29 is 28.2 Å². The van der Waals surface area contributed by atoms with Crippen LogP contribution in [0.3, 0.4) is 0 Å². The van der Waals surface area contributed by atoms with Crippen LogP contribution < -0.4 is 10.9 Å². The van der Waals surface area contributed by atoms with Crippen molar-refractivity contribution in [2.24, 2.45) is 0 Å². The maximum atomic E-state index is 11.3. The van der Waals surface area contributed by atoms with E-state index in [-0.39, 0.29) is 0 Å². The number of amides is 2. The maximum Gasteiger partial charge on any atom is 0.423 e. The molecule has 8 heteroatoms. The fraction of sp³-hybridized carbons (Fsp3) is 0.500. The Morgan fingerprint density at radius 2 is 2.00 bits per heavy atom. The quantitative estimate of drug-likeness (QED) is 0.517. The number of hydrogen-bond donors (Lipinski definition) is 3. The van der Waals surface area contributed by atoms with Crippen LogP contribution in [0, 0.1) is 0 Å². The normalized spacial score (nSPS) is 9.58.